The number of allylic oxidation sites excluding steroid dienone is 1. The number of aryl methyl sites for hydroxylation is 1. The Labute approximate surface area is 121 Å². The first-order valence-electron chi connectivity index (χ1n) is 6.31. The van der Waals surface area contributed by atoms with Gasteiger partial charge in [-0.15, -0.1) is 11.3 Å². The van der Waals surface area contributed by atoms with Gasteiger partial charge in [0.15, 0.2) is 0 Å². The molecule has 96 valence electrons. The average molecular weight is 276 g/mol. The summed E-state index contributed by atoms with van der Waals surface area (Å²) in [6, 6.07) is 18.2. The molecule has 0 bridgehead atoms. The molecular formula is C17H12N2S. The fourth-order valence-corrected chi connectivity index (χ4v) is 2.97. The van der Waals surface area contributed by atoms with E-state index in [1.54, 1.807) is 11.3 Å². The zero-order valence-corrected chi connectivity index (χ0v) is 11.8. The van der Waals surface area contributed by atoms with Crippen molar-refractivity contribution in [2.75, 3.05) is 0 Å². The van der Waals surface area contributed by atoms with E-state index in [1.807, 2.05) is 61.5 Å². The molecule has 3 heteroatoms. The van der Waals surface area contributed by atoms with Gasteiger partial charge in [-0.1, -0.05) is 36.4 Å². The van der Waals surface area contributed by atoms with E-state index in [4.69, 9.17) is 0 Å². The van der Waals surface area contributed by atoms with Gasteiger partial charge in [-0.2, -0.15) is 5.26 Å². The highest BCUT2D eigenvalue weighted by atomic mass is 32.1. The summed E-state index contributed by atoms with van der Waals surface area (Å²) < 4.78 is 1.11. The number of nitrogens with zero attached hydrogens (tertiary/aromatic N) is 2. The Hall–Kier alpha value is -2.44. The number of benzene rings is 2. The van der Waals surface area contributed by atoms with Crippen LogP contribution in [0, 0.1) is 18.3 Å². The second-order valence-corrected chi connectivity index (χ2v) is 5.54. The lowest BCUT2D eigenvalue weighted by molar-refractivity contribution is 1.42. The van der Waals surface area contributed by atoms with Gasteiger partial charge in [0.1, 0.15) is 11.1 Å². The Morgan fingerprint density at radius 3 is 2.65 bits per heavy atom. The van der Waals surface area contributed by atoms with E-state index >= 15 is 0 Å². The van der Waals surface area contributed by atoms with Gasteiger partial charge in [-0.3, -0.25) is 0 Å². The summed E-state index contributed by atoms with van der Waals surface area (Å²) in [7, 11) is 0. The number of rotatable bonds is 2. The molecule has 3 aromatic rings. The van der Waals surface area contributed by atoms with E-state index in [0.717, 1.165) is 26.4 Å². The van der Waals surface area contributed by atoms with Crippen molar-refractivity contribution in [2.45, 2.75) is 6.92 Å². The molecule has 0 radical (unpaired) electrons. The molecule has 0 aliphatic heterocycles. The van der Waals surface area contributed by atoms with Crippen LogP contribution in [0.5, 0.6) is 0 Å². The second kappa shape index (κ2) is 5.28. The van der Waals surface area contributed by atoms with E-state index < -0.39 is 0 Å². The number of thiazole rings is 1. The molecule has 0 saturated carbocycles. The minimum atomic E-state index is 0.612. The van der Waals surface area contributed by atoms with Gasteiger partial charge < -0.3 is 0 Å². The number of aromatic nitrogens is 1. The minimum Gasteiger partial charge on any atom is -0.235 e. The van der Waals surface area contributed by atoms with E-state index in [-0.39, 0.29) is 0 Å². The average Bonchev–Trinajstić information content (AvgIpc) is 2.90. The summed E-state index contributed by atoms with van der Waals surface area (Å²) in [4.78, 5) is 4.54. The van der Waals surface area contributed by atoms with Gasteiger partial charge in [-0.25, -0.2) is 4.98 Å². The molecule has 0 fully saturated rings. The summed E-state index contributed by atoms with van der Waals surface area (Å²) in [5, 5.41) is 10.2. The number of para-hydroxylation sites is 1. The third kappa shape index (κ3) is 2.34. The lowest BCUT2D eigenvalue weighted by Crippen LogP contribution is -1.83. The van der Waals surface area contributed by atoms with E-state index in [0.29, 0.717) is 5.57 Å². The first-order valence-corrected chi connectivity index (χ1v) is 7.13. The zero-order valence-electron chi connectivity index (χ0n) is 11.0. The van der Waals surface area contributed by atoms with Crippen LogP contribution in [-0.4, -0.2) is 4.98 Å². The maximum atomic E-state index is 9.41. The lowest BCUT2D eigenvalue weighted by Gasteiger charge is -1.99. The zero-order chi connectivity index (χ0) is 13.9. The first-order chi connectivity index (χ1) is 9.78. The van der Waals surface area contributed by atoms with Crippen LogP contribution in [-0.2, 0) is 0 Å². The van der Waals surface area contributed by atoms with Crippen molar-refractivity contribution in [1.29, 1.82) is 5.26 Å². The molecular weight excluding hydrogens is 264 g/mol. The van der Waals surface area contributed by atoms with Gasteiger partial charge in [0.2, 0.25) is 0 Å². The number of nitriles is 1. The number of hydrogen-bond acceptors (Lipinski definition) is 3. The third-order valence-corrected chi connectivity index (χ3v) is 4.20. The van der Waals surface area contributed by atoms with Crippen molar-refractivity contribution in [1.82, 2.24) is 4.98 Å². The van der Waals surface area contributed by atoms with Crippen LogP contribution in [0.2, 0.25) is 0 Å². The monoisotopic (exact) mass is 276 g/mol. The van der Waals surface area contributed by atoms with Crippen LogP contribution in [0.25, 0.3) is 21.9 Å². The fraction of sp³-hybridized carbons (Fsp3) is 0.0588. The van der Waals surface area contributed by atoms with Crippen LogP contribution in [0.1, 0.15) is 16.1 Å². The normalized spacial score (nSPS) is 11.5. The number of hydrogen-bond donors (Lipinski definition) is 0. The molecule has 2 aromatic carbocycles. The Bertz CT molecular complexity index is 804. The van der Waals surface area contributed by atoms with Crippen LogP contribution in [0.3, 0.4) is 0 Å². The van der Waals surface area contributed by atoms with Crippen LogP contribution >= 0.6 is 11.3 Å². The van der Waals surface area contributed by atoms with Gasteiger partial charge in [0, 0.05) is 0 Å². The summed E-state index contributed by atoms with van der Waals surface area (Å²) in [5.74, 6) is 0. The van der Waals surface area contributed by atoms with Crippen molar-refractivity contribution in [3.8, 4) is 6.07 Å². The summed E-state index contributed by atoms with van der Waals surface area (Å²) in [6.45, 7) is 2.04. The molecule has 0 saturated heterocycles. The number of fused-ring (bicyclic) bond motifs is 1. The third-order valence-electron chi connectivity index (χ3n) is 3.13. The van der Waals surface area contributed by atoms with Gasteiger partial charge >= 0.3 is 0 Å². The predicted octanol–water partition coefficient (Wildman–Crippen LogP) is 4.67. The molecule has 3 rings (SSSR count). The molecule has 0 amide bonds. The fourth-order valence-electron chi connectivity index (χ4n) is 2.03. The van der Waals surface area contributed by atoms with Crippen molar-refractivity contribution < 1.29 is 0 Å². The molecule has 0 spiro atoms. The molecule has 0 atom stereocenters. The largest absolute Gasteiger partial charge is 0.235 e. The van der Waals surface area contributed by atoms with Crippen molar-refractivity contribution >= 4 is 33.2 Å². The van der Waals surface area contributed by atoms with Gasteiger partial charge in [0.05, 0.1) is 15.8 Å². The molecule has 1 aromatic heterocycles. The molecule has 1 heterocycles. The van der Waals surface area contributed by atoms with Gasteiger partial charge in [-0.05, 0) is 36.3 Å². The molecule has 2 nitrogen and oxygen atoms in total. The van der Waals surface area contributed by atoms with E-state index in [1.165, 1.54) is 0 Å². The first kappa shape index (κ1) is 12.6. The minimum absolute atomic E-state index is 0.612. The summed E-state index contributed by atoms with van der Waals surface area (Å²) >= 11 is 1.55. The van der Waals surface area contributed by atoms with Crippen molar-refractivity contribution in [3.63, 3.8) is 0 Å². The highest BCUT2D eigenvalue weighted by molar-refractivity contribution is 7.19. The van der Waals surface area contributed by atoms with E-state index in [9.17, 15) is 5.26 Å². The summed E-state index contributed by atoms with van der Waals surface area (Å²) in [5.41, 5.74) is 3.77. The maximum absolute atomic E-state index is 9.41. The maximum Gasteiger partial charge on any atom is 0.135 e. The SMILES string of the molecule is Cc1ccccc1/C=C(/C#N)c1nc2ccccc2s1. The Morgan fingerprint density at radius 2 is 1.90 bits per heavy atom. The standard InChI is InChI=1S/C17H12N2S/c1-12-6-2-3-7-13(12)10-14(11-18)17-19-15-8-4-5-9-16(15)20-17/h2-10H,1H3/b14-10-. The Balaban J connectivity index is 2.10. The molecule has 20 heavy (non-hydrogen) atoms. The van der Waals surface area contributed by atoms with Crippen molar-refractivity contribution in [2.24, 2.45) is 0 Å². The molecule has 0 aliphatic rings. The summed E-state index contributed by atoms with van der Waals surface area (Å²) in [6.07, 6.45) is 1.91. The van der Waals surface area contributed by atoms with Crippen LogP contribution < -0.4 is 0 Å². The smallest absolute Gasteiger partial charge is 0.135 e. The molecule has 0 aliphatic carbocycles. The molecule has 0 unspecified atom stereocenters. The predicted molar refractivity (Wildman–Crippen MR) is 84.3 cm³/mol. The Morgan fingerprint density at radius 1 is 1.15 bits per heavy atom. The highest BCUT2D eigenvalue weighted by Crippen LogP contribution is 2.28. The van der Waals surface area contributed by atoms with E-state index in [2.05, 4.69) is 11.1 Å². The van der Waals surface area contributed by atoms with Crippen LogP contribution in [0.4, 0.5) is 0 Å². The quantitative estimate of drug-likeness (QED) is 0.638. The second-order valence-electron chi connectivity index (χ2n) is 4.51. The highest BCUT2D eigenvalue weighted by Gasteiger charge is 2.08. The van der Waals surface area contributed by atoms with Gasteiger partial charge in [0.25, 0.3) is 0 Å². The Kier molecular flexibility index (Phi) is 3.32. The topological polar surface area (TPSA) is 36.7 Å². The van der Waals surface area contributed by atoms with Crippen molar-refractivity contribution in [3.05, 3.63) is 64.7 Å². The van der Waals surface area contributed by atoms with Crippen LogP contribution in [0.15, 0.2) is 48.5 Å². The lowest BCUT2D eigenvalue weighted by atomic mass is 10.1. The molecule has 0 N–H and O–H groups in total.